The summed E-state index contributed by atoms with van der Waals surface area (Å²) in [5.41, 5.74) is -1.01. The number of rotatable bonds is 4. The fourth-order valence-corrected chi connectivity index (χ4v) is 1.15. The highest BCUT2D eigenvalue weighted by Crippen LogP contribution is 2.31. The molecule has 1 N–H and O–H groups in total. The molecule has 0 saturated heterocycles. The maximum absolute atomic E-state index is 13.1. The Bertz CT molecular complexity index is 371. The van der Waals surface area contributed by atoms with Crippen molar-refractivity contribution in [3.63, 3.8) is 0 Å². The quantitative estimate of drug-likeness (QED) is 0.473. The summed E-state index contributed by atoms with van der Waals surface area (Å²) >= 11 is 0. The van der Waals surface area contributed by atoms with Crippen LogP contribution in [0.3, 0.4) is 0 Å². The maximum atomic E-state index is 13.1. The van der Waals surface area contributed by atoms with E-state index in [-0.39, 0.29) is 5.69 Å². The molecule has 16 heavy (non-hydrogen) atoms. The van der Waals surface area contributed by atoms with Gasteiger partial charge >= 0.3 is 6.18 Å². The normalized spacial score (nSPS) is 11.2. The molecule has 5 heteroatoms. The van der Waals surface area contributed by atoms with Crippen molar-refractivity contribution < 1.29 is 17.6 Å². The highest BCUT2D eigenvalue weighted by molar-refractivity contribution is 5.48. The van der Waals surface area contributed by atoms with Crippen molar-refractivity contribution in [3.05, 3.63) is 42.2 Å². The number of nitrogens with one attached hydrogen (secondary N) is 1. The second-order valence-corrected chi connectivity index (χ2v) is 3.20. The number of alkyl halides is 3. The average Bonchev–Trinajstić information content (AvgIpc) is 2.19. The van der Waals surface area contributed by atoms with E-state index in [2.05, 4.69) is 11.9 Å². The van der Waals surface area contributed by atoms with E-state index in [0.29, 0.717) is 19.0 Å². The molecule has 0 atom stereocenters. The standard InChI is InChI=1S/C11H11F4N/c1-2-3-6-16-10-7-8(11(13,14)15)4-5-9(10)12/h2,4-5,7,16H,1,3,6H2. The van der Waals surface area contributed by atoms with Crippen LogP contribution in [0.4, 0.5) is 23.2 Å². The van der Waals surface area contributed by atoms with Crippen molar-refractivity contribution in [2.75, 3.05) is 11.9 Å². The lowest BCUT2D eigenvalue weighted by Crippen LogP contribution is -2.08. The minimum atomic E-state index is -4.46. The van der Waals surface area contributed by atoms with E-state index in [9.17, 15) is 17.6 Å². The Labute approximate surface area is 90.8 Å². The topological polar surface area (TPSA) is 12.0 Å². The number of halogens is 4. The lowest BCUT2D eigenvalue weighted by molar-refractivity contribution is -0.137. The largest absolute Gasteiger partial charge is 0.416 e. The first-order chi connectivity index (χ1) is 7.45. The molecule has 0 heterocycles. The Balaban J connectivity index is 2.86. The first-order valence-corrected chi connectivity index (χ1v) is 4.66. The van der Waals surface area contributed by atoms with Crippen LogP contribution in [0.25, 0.3) is 0 Å². The van der Waals surface area contributed by atoms with E-state index in [1.807, 2.05) is 0 Å². The SMILES string of the molecule is C=CCCNc1cc(C(F)(F)F)ccc1F. The molecule has 0 radical (unpaired) electrons. The Hall–Kier alpha value is -1.52. The van der Waals surface area contributed by atoms with Gasteiger partial charge in [0.15, 0.2) is 0 Å². The monoisotopic (exact) mass is 233 g/mol. The highest BCUT2D eigenvalue weighted by Gasteiger charge is 2.31. The molecule has 88 valence electrons. The fourth-order valence-electron chi connectivity index (χ4n) is 1.15. The molecule has 0 aromatic heterocycles. The molecule has 1 nitrogen and oxygen atoms in total. The number of hydrogen-bond acceptors (Lipinski definition) is 1. The summed E-state index contributed by atoms with van der Waals surface area (Å²) in [7, 11) is 0. The van der Waals surface area contributed by atoms with Gasteiger partial charge in [0, 0.05) is 6.54 Å². The third-order valence-corrected chi connectivity index (χ3v) is 1.96. The van der Waals surface area contributed by atoms with Crippen LogP contribution in [-0.2, 0) is 6.18 Å². The van der Waals surface area contributed by atoms with Crippen molar-refractivity contribution >= 4 is 5.69 Å². The van der Waals surface area contributed by atoms with Crippen LogP contribution >= 0.6 is 0 Å². The molecule has 0 unspecified atom stereocenters. The van der Waals surface area contributed by atoms with Gasteiger partial charge in [-0.05, 0) is 24.6 Å². The fraction of sp³-hybridized carbons (Fsp3) is 0.273. The van der Waals surface area contributed by atoms with Gasteiger partial charge in [-0.2, -0.15) is 13.2 Å². The highest BCUT2D eigenvalue weighted by atomic mass is 19.4. The lowest BCUT2D eigenvalue weighted by atomic mass is 10.2. The smallest absolute Gasteiger partial charge is 0.382 e. The zero-order valence-corrected chi connectivity index (χ0v) is 8.44. The minimum absolute atomic E-state index is 0.142. The molecule has 0 aliphatic heterocycles. The molecule has 0 bridgehead atoms. The van der Waals surface area contributed by atoms with Crippen LogP contribution in [0.5, 0.6) is 0 Å². The first kappa shape index (κ1) is 12.5. The summed E-state index contributed by atoms with van der Waals surface area (Å²) in [6, 6.07) is 2.28. The van der Waals surface area contributed by atoms with Gasteiger partial charge in [0.2, 0.25) is 0 Å². The summed E-state index contributed by atoms with van der Waals surface area (Å²) in [5, 5.41) is 2.58. The van der Waals surface area contributed by atoms with E-state index in [0.717, 1.165) is 12.1 Å². The van der Waals surface area contributed by atoms with Gasteiger partial charge in [0.1, 0.15) is 5.82 Å². The van der Waals surface area contributed by atoms with Crippen molar-refractivity contribution in [1.82, 2.24) is 0 Å². The van der Waals surface area contributed by atoms with Crippen molar-refractivity contribution in [2.24, 2.45) is 0 Å². The number of hydrogen-bond donors (Lipinski definition) is 1. The van der Waals surface area contributed by atoms with Crippen molar-refractivity contribution in [2.45, 2.75) is 12.6 Å². The van der Waals surface area contributed by atoms with Gasteiger partial charge in [-0.25, -0.2) is 4.39 Å². The molecule has 1 rings (SSSR count). The summed E-state index contributed by atoms with van der Waals surface area (Å²) in [6.45, 7) is 3.81. The van der Waals surface area contributed by atoms with Crippen molar-refractivity contribution in [1.29, 1.82) is 0 Å². The van der Waals surface area contributed by atoms with Crippen LogP contribution in [0, 0.1) is 5.82 Å². The van der Waals surface area contributed by atoms with Gasteiger partial charge in [-0.3, -0.25) is 0 Å². The van der Waals surface area contributed by atoms with Crippen LogP contribution < -0.4 is 5.32 Å². The second-order valence-electron chi connectivity index (χ2n) is 3.20. The van der Waals surface area contributed by atoms with E-state index in [4.69, 9.17) is 0 Å². The van der Waals surface area contributed by atoms with Gasteiger partial charge in [0.25, 0.3) is 0 Å². The molecule has 0 aliphatic carbocycles. The minimum Gasteiger partial charge on any atom is -0.382 e. The predicted molar refractivity (Wildman–Crippen MR) is 54.7 cm³/mol. The Morgan fingerprint density at radius 3 is 2.56 bits per heavy atom. The van der Waals surface area contributed by atoms with Crippen LogP contribution in [0.15, 0.2) is 30.9 Å². The average molecular weight is 233 g/mol. The Kier molecular flexibility index (Phi) is 3.93. The summed E-state index contributed by atoms with van der Waals surface area (Å²) in [6.07, 6.45) is -2.31. The summed E-state index contributed by atoms with van der Waals surface area (Å²) in [4.78, 5) is 0. The zero-order valence-electron chi connectivity index (χ0n) is 8.44. The summed E-state index contributed by atoms with van der Waals surface area (Å²) < 4.78 is 50.1. The van der Waals surface area contributed by atoms with E-state index >= 15 is 0 Å². The molecule has 0 amide bonds. The Morgan fingerprint density at radius 2 is 2.00 bits per heavy atom. The Morgan fingerprint density at radius 1 is 1.31 bits per heavy atom. The number of benzene rings is 1. The van der Waals surface area contributed by atoms with E-state index < -0.39 is 17.6 Å². The third kappa shape index (κ3) is 3.25. The first-order valence-electron chi connectivity index (χ1n) is 4.66. The van der Waals surface area contributed by atoms with Crippen LogP contribution in [0.1, 0.15) is 12.0 Å². The van der Waals surface area contributed by atoms with E-state index in [1.165, 1.54) is 0 Å². The van der Waals surface area contributed by atoms with Gasteiger partial charge in [-0.15, -0.1) is 6.58 Å². The molecule has 0 spiro atoms. The third-order valence-electron chi connectivity index (χ3n) is 1.96. The zero-order chi connectivity index (χ0) is 12.2. The second kappa shape index (κ2) is 5.01. The molecular weight excluding hydrogens is 222 g/mol. The van der Waals surface area contributed by atoms with Crippen LogP contribution in [-0.4, -0.2) is 6.54 Å². The molecule has 0 fully saturated rings. The van der Waals surface area contributed by atoms with E-state index in [1.54, 1.807) is 6.08 Å². The molecule has 1 aromatic carbocycles. The van der Waals surface area contributed by atoms with Gasteiger partial charge in [-0.1, -0.05) is 6.08 Å². The number of anilines is 1. The van der Waals surface area contributed by atoms with Gasteiger partial charge < -0.3 is 5.32 Å². The van der Waals surface area contributed by atoms with Gasteiger partial charge in [0.05, 0.1) is 11.3 Å². The summed E-state index contributed by atoms with van der Waals surface area (Å²) in [5.74, 6) is -0.697. The molecule has 0 saturated carbocycles. The lowest BCUT2D eigenvalue weighted by Gasteiger charge is -2.10. The van der Waals surface area contributed by atoms with Crippen LogP contribution in [0.2, 0.25) is 0 Å². The maximum Gasteiger partial charge on any atom is 0.416 e. The molecule has 1 aromatic rings. The predicted octanol–water partition coefficient (Wildman–Crippen LogP) is 3.83. The molecule has 0 aliphatic rings. The molecular formula is C11H11F4N. The van der Waals surface area contributed by atoms with Crippen molar-refractivity contribution in [3.8, 4) is 0 Å².